The van der Waals surface area contributed by atoms with E-state index >= 15 is 0 Å². The Morgan fingerprint density at radius 1 is 1.14 bits per heavy atom. The van der Waals surface area contributed by atoms with Crippen molar-refractivity contribution in [3.05, 3.63) is 29.3 Å². The highest BCUT2D eigenvalue weighted by Gasteiger charge is 2.37. The number of hydrogen-bond acceptors (Lipinski definition) is 3. The fourth-order valence-electron chi connectivity index (χ4n) is 5.27. The largest absolute Gasteiger partial charge is 0.508 e. The first kappa shape index (κ1) is 24.2. The molecule has 0 amide bonds. The minimum Gasteiger partial charge on any atom is -0.508 e. The Hall–Kier alpha value is -1.06. The van der Waals surface area contributed by atoms with Crippen LogP contribution < -0.4 is 0 Å². The SMILES string of the molecule is CCCCCCC(C)(C)c1ccc(C2CC(O)CC(C)C2CC(C)CO)c(O)c1. The number of aliphatic hydroxyl groups excluding tert-OH is 2. The minimum absolute atomic E-state index is 0.0495. The molecular formula is C26H44O3. The molecule has 0 heterocycles. The molecule has 1 aliphatic rings. The van der Waals surface area contributed by atoms with Gasteiger partial charge >= 0.3 is 0 Å². The Balaban J connectivity index is 2.22. The molecular weight excluding hydrogens is 360 g/mol. The van der Waals surface area contributed by atoms with Gasteiger partial charge in [0.05, 0.1) is 6.10 Å². The van der Waals surface area contributed by atoms with Gasteiger partial charge in [-0.3, -0.25) is 0 Å². The van der Waals surface area contributed by atoms with Crippen LogP contribution in [0.15, 0.2) is 18.2 Å². The van der Waals surface area contributed by atoms with Gasteiger partial charge in [-0.15, -0.1) is 0 Å². The van der Waals surface area contributed by atoms with E-state index in [2.05, 4.69) is 46.8 Å². The van der Waals surface area contributed by atoms with E-state index in [0.717, 1.165) is 24.8 Å². The van der Waals surface area contributed by atoms with Gasteiger partial charge in [-0.1, -0.05) is 72.4 Å². The maximum absolute atomic E-state index is 11.0. The Bertz CT molecular complexity index is 624. The van der Waals surface area contributed by atoms with Crippen LogP contribution in [0.4, 0.5) is 0 Å². The minimum atomic E-state index is -0.315. The third kappa shape index (κ3) is 6.46. The van der Waals surface area contributed by atoms with E-state index in [1.165, 1.54) is 31.2 Å². The number of unbranched alkanes of at least 4 members (excludes halogenated alkanes) is 3. The van der Waals surface area contributed by atoms with Crippen LogP contribution in [-0.4, -0.2) is 28.0 Å². The number of aromatic hydroxyl groups is 1. The van der Waals surface area contributed by atoms with Gasteiger partial charge in [0.2, 0.25) is 0 Å². The third-order valence-corrected chi connectivity index (χ3v) is 7.27. The lowest BCUT2D eigenvalue weighted by molar-refractivity contribution is 0.0458. The molecule has 3 nitrogen and oxygen atoms in total. The first-order valence-corrected chi connectivity index (χ1v) is 11.8. The smallest absolute Gasteiger partial charge is 0.119 e. The lowest BCUT2D eigenvalue weighted by Crippen LogP contribution is -2.34. The number of aliphatic hydroxyl groups is 2. The molecule has 5 atom stereocenters. The Morgan fingerprint density at radius 3 is 2.48 bits per heavy atom. The summed E-state index contributed by atoms with van der Waals surface area (Å²) in [5, 5.41) is 30.9. The molecule has 0 aliphatic heterocycles. The van der Waals surface area contributed by atoms with Crippen molar-refractivity contribution in [1.82, 2.24) is 0 Å². The van der Waals surface area contributed by atoms with Crippen LogP contribution in [0, 0.1) is 17.8 Å². The summed E-state index contributed by atoms with van der Waals surface area (Å²) < 4.78 is 0. The van der Waals surface area contributed by atoms with Crippen LogP contribution in [-0.2, 0) is 5.41 Å². The quantitative estimate of drug-likeness (QED) is 0.410. The summed E-state index contributed by atoms with van der Waals surface area (Å²) in [7, 11) is 0. The van der Waals surface area contributed by atoms with Crippen LogP contribution in [0.2, 0.25) is 0 Å². The first-order chi connectivity index (χ1) is 13.7. The van der Waals surface area contributed by atoms with Crippen molar-refractivity contribution in [1.29, 1.82) is 0 Å². The predicted molar refractivity (Wildman–Crippen MR) is 121 cm³/mol. The van der Waals surface area contributed by atoms with Gasteiger partial charge in [-0.2, -0.15) is 0 Å². The normalized spacial score (nSPS) is 26.4. The lowest BCUT2D eigenvalue weighted by atomic mass is 9.66. The number of rotatable bonds is 10. The summed E-state index contributed by atoms with van der Waals surface area (Å²) in [5.74, 6) is 1.51. The van der Waals surface area contributed by atoms with Crippen molar-refractivity contribution in [3.8, 4) is 5.75 Å². The van der Waals surface area contributed by atoms with Crippen LogP contribution in [0.25, 0.3) is 0 Å². The molecule has 2 rings (SSSR count). The number of hydrogen-bond donors (Lipinski definition) is 3. The predicted octanol–water partition coefficient (Wildman–Crippen LogP) is 6.15. The molecule has 1 aromatic rings. The summed E-state index contributed by atoms with van der Waals surface area (Å²) in [6, 6.07) is 6.25. The van der Waals surface area contributed by atoms with E-state index < -0.39 is 0 Å². The van der Waals surface area contributed by atoms with Crippen molar-refractivity contribution in [2.45, 2.75) is 103 Å². The van der Waals surface area contributed by atoms with Crippen molar-refractivity contribution >= 4 is 0 Å². The van der Waals surface area contributed by atoms with E-state index in [0.29, 0.717) is 24.0 Å². The van der Waals surface area contributed by atoms with Crippen molar-refractivity contribution in [2.75, 3.05) is 6.61 Å². The third-order valence-electron chi connectivity index (χ3n) is 7.27. The van der Waals surface area contributed by atoms with Gasteiger partial charge in [0.25, 0.3) is 0 Å². The maximum Gasteiger partial charge on any atom is 0.119 e. The molecule has 1 aliphatic carbocycles. The highest BCUT2D eigenvalue weighted by atomic mass is 16.3. The highest BCUT2D eigenvalue weighted by Crippen LogP contribution is 2.47. The maximum atomic E-state index is 11.0. The molecule has 1 fully saturated rings. The summed E-state index contributed by atoms with van der Waals surface area (Å²) >= 11 is 0. The molecule has 1 saturated carbocycles. The molecule has 29 heavy (non-hydrogen) atoms. The van der Waals surface area contributed by atoms with Gasteiger partial charge in [0, 0.05) is 6.61 Å². The van der Waals surface area contributed by atoms with Crippen LogP contribution in [0.1, 0.15) is 103 Å². The van der Waals surface area contributed by atoms with Gasteiger partial charge < -0.3 is 15.3 Å². The Morgan fingerprint density at radius 2 is 1.86 bits per heavy atom. The summed E-state index contributed by atoms with van der Waals surface area (Å²) in [6.07, 6.45) is 8.27. The number of benzene rings is 1. The average Bonchev–Trinajstić information content (AvgIpc) is 2.67. The summed E-state index contributed by atoms with van der Waals surface area (Å²) in [4.78, 5) is 0. The number of phenolic OH excluding ortho intramolecular Hbond substituents is 1. The average molecular weight is 405 g/mol. The molecule has 3 heteroatoms. The van der Waals surface area contributed by atoms with E-state index in [-0.39, 0.29) is 30.0 Å². The van der Waals surface area contributed by atoms with Gasteiger partial charge in [-0.05, 0) is 72.0 Å². The van der Waals surface area contributed by atoms with E-state index in [4.69, 9.17) is 0 Å². The fraction of sp³-hybridized carbons (Fsp3) is 0.769. The van der Waals surface area contributed by atoms with Crippen LogP contribution in [0.5, 0.6) is 5.75 Å². The second-order valence-corrected chi connectivity index (χ2v) is 10.4. The second-order valence-electron chi connectivity index (χ2n) is 10.4. The van der Waals surface area contributed by atoms with Gasteiger partial charge in [0.15, 0.2) is 0 Å². The zero-order valence-electron chi connectivity index (χ0n) is 19.3. The van der Waals surface area contributed by atoms with Crippen LogP contribution >= 0.6 is 0 Å². The second kappa shape index (κ2) is 10.8. The Kier molecular flexibility index (Phi) is 9.03. The van der Waals surface area contributed by atoms with Crippen LogP contribution in [0.3, 0.4) is 0 Å². The molecule has 0 saturated heterocycles. The molecule has 0 spiro atoms. The fourth-order valence-corrected chi connectivity index (χ4v) is 5.27. The molecule has 0 bridgehead atoms. The molecule has 0 radical (unpaired) electrons. The van der Waals surface area contributed by atoms with E-state index in [1.807, 2.05) is 6.07 Å². The standard InChI is InChI=1S/C26H44O3/c1-6-7-8-9-12-26(4,5)20-10-11-22(25(29)15-20)24-16-21(28)14-19(3)23(24)13-18(2)17-27/h10-11,15,18-19,21,23-24,27-29H,6-9,12-14,16-17H2,1-5H3. The Labute approximate surface area is 178 Å². The lowest BCUT2D eigenvalue weighted by Gasteiger charge is -2.41. The van der Waals surface area contributed by atoms with E-state index in [9.17, 15) is 15.3 Å². The zero-order chi connectivity index (χ0) is 21.6. The molecule has 3 N–H and O–H groups in total. The number of phenols is 1. The summed E-state index contributed by atoms with van der Waals surface area (Å²) in [5.41, 5.74) is 2.21. The molecule has 5 unspecified atom stereocenters. The van der Waals surface area contributed by atoms with Crippen molar-refractivity contribution in [2.24, 2.45) is 17.8 Å². The monoisotopic (exact) mass is 404 g/mol. The van der Waals surface area contributed by atoms with Gasteiger partial charge in [-0.25, -0.2) is 0 Å². The van der Waals surface area contributed by atoms with Crippen molar-refractivity contribution < 1.29 is 15.3 Å². The molecule has 1 aromatic carbocycles. The van der Waals surface area contributed by atoms with Gasteiger partial charge in [0.1, 0.15) is 5.75 Å². The topological polar surface area (TPSA) is 60.7 Å². The van der Waals surface area contributed by atoms with Crippen molar-refractivity contribution in [3.63, 3.8) is 0 Å². The zero-order valence-corrected chi connectivity index (χ0v) is 19.3. The highest BCUT2D eigenvalue weighted by molar-refractivity contribution is 5.42. The molecule has 0 aromatic heterocycles. The summed E-state index contributed by atoms with van der Waals surface area (Å²) in [6.45, 7) is 11.3. The first-order valence-electron chi connectivity index (χ1n) is 11.8. The molecule has 166 valence electrons. The van der Waals surface area contributed by atoms with E-state index in [1.54, 1.807) is 0 Å².